The van der Waals surface area contributed by atoms with Gasteiger partial charge in [-0.3, -0.25) is 4.90 Å². The Labute approximate surface area is 127 Å². The Balaban J connectivity index is 1.85. The average molecular weight is 286 g/mol. The van der Waals surface area contributed by atoms with Gasteiger partial charge in [-0.15, -0.1) is 0 Å². The predicted molar refractivity (Wildman–Crippen MR) is 87.2 cm³/mol. The monoisotopic (exact) mass is 286 g/mol. The van der Waals surface area contributed by atoms with Crippen LogP contribution >= 0.6 is 0 Å². The quantitative estimate of drug-likeness (QED) is 0.840. The third-order valence-electron chi connectivity index (χ3n) is 4.73. The molecule has 1 aromatic heterocycles. The first-order valence-electron chi connectivity index (χ1n) is 8.11. The summed E-state index contributed by atoms with van der Waals surface area (Å²) in [6.07, 6.45) is 2.77. The molecule has 1 N–H and O–H groups in total. The standard InChI is InChI=1S/C18H26N2O/c1-4-19-11-16-15-7-5-6-8-17(15)21-18(16)12-20(3)13(2)14-9-10-14/h5-8,13-14,19H,4,9-12H2,1-3H3. The summed E-state index contributed by atoms with van der Waals surface area (Å²) < 4.78 is 6.14. The number of nitrogens with zero attached hydrogens (tertiary/aromatic N) is 1. The van der Waals surface area contributed by atoms with Crippen LogP contribution < -0.4 is 5.32 Å². The van der Waals surface area contributed by atoms with Gasteiger partial charge in [0.05, 0.1) is 6.54 Å². The number of furan rings is 1. The van der Waals surface area contributed by atoms with Crippen LogP contribution in [0.4, 0.5) is 0 Å². The number of nitrogens with one attached hydrogen (secondary N) is 1. The normalized spacial score (nSPS) is 16.8. The number of para-hydroxylation sites is 1. The van der Waals surface area contributed by atoms with Gasteiger partial charge in [0, 0.05) is 23.5 Å². The SMILES string of the molecule is CCNCc1c(CN(C)C(C)C2CC2)oc2ccccc12. The van der Waals surface area contributed by atoms with Gasteiger partial charge in [-0.2, -0.15) is 0 Å². The Morgan fingerprint density at radius 1 is 1.33 bits per heavy atom. The van der Waals surface area contributed by atoms with Crippen LogP contribution in [0.5, 0.6) is 0 Å². The second kappa shape index (κ2) is 6.20. The Bertz CT molecular complexity index is 600. The molecule has 0 spiro atoms. The molecule has 0 radical (unpaired) electrons. The van der Waals surface area contributed by atoms with Crippen LogP contribution in [0.25, 0.3) is 11.0 Å². The average Bonchev–Trinajstić information content (AvgIpc) is 3.28. The fourth-order valence-corrected chi connectivity index (χ4v) is 3.03. The predicted octanol–water partition coefficient (Wildman–Crippen LogP) is 3.77. The Hall–Kier alpha value is -1.32. The smallest absolute Gasteiger partial charge is 0.134 e. The number of hydrogen-bond acceptors (Lipinski definition) is 3. The minimum absolute atomic E-state index is 0.644. The van der Waals surface area contributed by atoms with E-state index in [0.717, 1.165) is 36.9 Å². The number of rotatable bonds is 7. The molecule has 3 heteroatoms. The molecular weight excluding hydrogens is 260 g/mol. The molecule has 1 heterocycles. The first-order valence-corrected chi connectivity index (χ1v) is 8.11. The summed E-state index contributed by atoms with van der Waals surface area (Å²) in [5.74, 6) is 2.00. The molecule has 1 atom stereocenters. The van der Waals surface area contributed by atoms with E-state index in [2.05, 4.69) is 49.3 Å². The molecule has 2 aromatic rings. The molecule has 1 fully saturated rings. The minimum Gasteiger partial charge on any atom is -0.459 e. The van der Waals surface area contributed by atoms with E-state index < -0.39 is 0 Å². The van der Waals surface area contributed by atoms with Gasteiger partial charge >= 0.3 is 0 Å². The van der Waals surface area contributed by atoms with Gasteiger partial charge in [0.1, 0.15) is 11.3 Å². The van der Waals surface area contributed by atoms with Crippen LogP contribution in [0.1, 0.15) is 38.0 Å². The lowest BCUT2D eigenvalue weighted by molar-refractivity contribution is 0.210. The van der Waals surface area contributed by atoms with Crippen molar-refractivity contribution in [1.82, 2.24) is 10.2 Å². The molecule has 114 valence electrons. The van der Waals surface area contributed by atoms with Gasteiger partial charge in [0.25, 0.3) is 0 Å². The van der Waals surface area contributed by atoms with Crippen LogP contribution in [-0.4, -0.2) is 24.5 Å². The first kappa shape index (κ1) is 14.6. The van der Waals surface area contributed by atoms with Crippen LogP contribution in [-0.2, 0) is 13.1 Å². The molecule has 21 heavy (non-hydrogen) atoms. The van der Waals surface area contributed by atoms with Crippen molar-refractivity contribution in [2.75, 3.05) is 13.6 Å². The third-order valence-corrected chi connectivity index (χ3v) is 4.73. The fraction of sp³-hybridized carbons (Fsp3) is 0.556. The molecule has 0 saturated heterocycles. The van der Waals surface area contributed by atoms with E-state index in [1.807, 2.05) is 6.07 Å². The zero-order chi connectivity index (χ0) is 14.8. The van der Waals surface area contributed by atoms with E-state index in [1.54, 1.807) is 0 Å². The topological polar surface area (TPSA) is 28.4 Å². The number of benzene rings is 1. The minimum atomic E-state index is 0.644. The Morgan fingerprint density at radius 2 is 2.10 bits per heavy atom. The van der Waals surface area contributed by atoms with Gasteiger partial charge in [-0.25, -0.2) is 0 Å². The van der Waals surface area contributed by atoms with Crippen molar-refractivity contribution in [1.29, 1.82) is 0 Å². The number of hydrogen-bond donors (Lipinski definition) is 1. The van der Waals surface area contributed by atoms with Gasteiger partial charge in [0.15, 0.2) is 0 Å². The highest BCUT2D eigenvalue weighted by Gasteiger charge is 2.31. The van der Waals surface area contributed by atoms with E-state index in [1.165, 1.54) is 23.8 Å². The maximum absolute atomic E-state index is 6.14. The maximum Gasteiger partial charge on any atom is 0.134 e. The molecule has 1 unspecified atom stereocenters. The molecule has 1 aromatic carbocycles. The number of fused-ring (bicyclic) bond motifs is 1. The van der Waals surface area contributed by atoms with E-state index in [4.69, 9.17) is 4.42 Å². The van der Waals surface area contributed by atoms with E-state index in [0.29, 0.717) is 6.04 Å². The molecule has 3 rings (SSSR count). The van der Waals surface area contributed by atoms with Crippen molar-refractivity contribution in [2.24, 2.45) is 5.92 Å². The molecule has 0 aliphatic heterocycles. The van der Waals surface area contributed by atoms with Gasteiger partial charge < -0.3 is 9.73 Å². The highest BCUT2D eigenvalue weighted by Crippen LogP contribution is 2.35. The van der Waals surface area contributed by atoms with E-state index in [-0.39, 0.29) is 0 Å². The molecular formula is C18H26N2O. The Kier molecular flexibility index (Phi) is 4.32. The second-order valence-electron chi connectivity index (χ2n) is 6.27. The lowest BCUT2D eigenvalue weighted by Crippen LogP contribution is -2.30. The van der Waals surface area contributed by atoms with Crippen molar-refractivity contribution >= 4 is 11.0 Å². The summed E-state index contributed by atoms with van der Waals surface area (Å²) in [7, 11) is 2.22. The second-order valence-corrected chi connectivity index (χ2v) is 6.27. The van der Waals surface area contributed by atoms with Crippen molar-refractivity contribution in [2.45, 2.75) is 45.8 Å². The van der Waals surface area contributed by atoms with Crippen molar-refractivity contribution in [3.8, 4) is 0 Å². The summed E-state index contributed by atoms with van der Waals surface area (Å²) in [5, 5.41) is 4.69. The molecule has 1 aliphatic carbocycles. The zero-order valence-electron chi connectivity index (χ0n) is 13.4. The third kappa shape index (κ3) is 3.14. The zero-order valence-corrected chi connectivity index (χ0v) is 13.4. The van der Waals surface area contributed by atoms with Crippen molar-refractivity contribution in [3.05, 3.63) is 35.6 Å². The van der Waals surface area contributed by atoms with Crippen LogP contribution in [0.15, 0.2) is 28.7 Å². The summed E-state index contributed by atoms with van der Waals surface area (Å²) >= 11 is 0. The lowest BCUT2D eigenvalue weighted by Gasteiger charge is -2.24. The van der Waals surface area contributed by atoms with Crippen LogP contribution in [0.2, 0.25) is 0 Å². The molecule has 1 saturated carbocycles. The summed E-state index contributed by atoms with van der Waals surface area (Å²) in [4.78, 5) is 2.44. The molecule has 0 bridgehead atoms. The van der Waals surface area contributed by atoms with Crippen molar-refractivity contribution in [3.63, 3.8) is 0 Å². The summed E-state index contributed by atoms with van der Waals surface area (Å²) in [5.41, 5.74) is 2.33. The Morgan fingerprint density at radius 3 is 2.81 bits per heavy atom. The maximum atomic E-state index is 6.14. The first-order chi connectivity index (χ1) is 10.2. The van der Waals surface area contributed by atoms with Gasteiger partial charge in [-0.1, -0.05) is 25.1 Å². The summed E-state index contributed by atoms with van der Waals surface area (Å²) in [6, 6.07) is 9.01. The highest BCUT2D eigenvalue weighted by molar-refractivity contribution is 5.82. The van der Waals surface area contributed by atoms with Crippen molar-refractivity contribution < 1.29 is 4.42 Å². The lowest BCUT2D eigenvalue weighted by atomic mass is 10.1. The molecule has 1 aliphatic rings. The molecule has 3 nitrogen and oxygen atoms in total. The van der Waals surface area contributed by atoms with E-state index >= 15 is 0 Å². The summed E-state index contributed by atoms with van der Waals surface area (Å²) in [6.45, 7) is 7.24. The van der Waals surface area contributed by atoms with Crippen LogP contribution in [0.3, 0.4) is 0 Å². The van der Waals surface area contributed by atoms with Crippen LogP contribution in [0, 0.1) is 5.92 Å². The highest BCUT2D eigenvalue weighted by atomic mass is 16.3. The van der Waals surface area contributed by atoms with E-state index in [9.17, 15) is 0 Å². The largest absolute Gasteiger partial charge is 0.459 e. The fourth-order valence-electron chi connectivity index (χ4n) is 3.03. The van der Waals surface area contributed by atoms with Gasteiger partial charge in [0.2, 0.25) is 0 Å². The molecule has 0 amide bonds. The van der Waals surface area contributed by atoms with Gasteiger partial charge in [-0.05, 0) is 45.3 Å².